The molecule has 0 spiro atoms. The van der Waals surface area contributed by atoms with Gasteiger partial charge in [0.25, 0.3) is 0 Å². The summed E-state index contributed by atoms with van der Waals surface area (Å²) >= 11 is 0. The van der Waals surface area contributed by atoms with E-state index in [-0.39, 0.29) is 12.5 Å². The molecule has 0 bridgehead atoms. The third-order valence-electron chi connectivity index (χ3n) is 4.26. The number of ether oxygens (including phenoxy) is 2. The van der Waals surface area contributed by atoms with Gasteiger partial charge < -0.3 is 20.1 Å². The first-order chi connectivity index (χ1) is 11.5. The molecule has 7 heteroatoms. The molecule has 0 unspecified atom stereocenters. The van der Waals surface area contributed by atoms with Gasteiger partial charge in [0, 0.05) is 6.54 Å². The molecular weight excluding hydrogens is 312 g/mol. The van der Waals surface area contributed by atoms with E-state index in [1.807, 2.05) is 30.3 Å². The van der Waals surface area contributed by atoms with E-state index in [0.29, 0.717) is 19.4 Å². The number of nitrogens with one attached hydrogen (secondary N) is 2. The van der Waals surface area contributed by atoms with E-state index in [9.17, 15) is 14.4 Å². The van der Waals surface area contributed by atoms with E-state index in [0.717, 1.165) is 5.56 Å². The van der Waals surface area contributed by atoms with Gasteiger partial charge >= 0.3 is 12.1 Å². The normalized spacial score (nSPS) is 22.1. The zero-order valence-corrected chi connectivity index (χ0v) is 13.8. The zero-order chi connectivity index (χ0) is 17.6. The molecule has 2 atom stereocenters. The van der Waals surface area contributed by atoms with Crippen LogP contribution < -0.4 is 10.6 Å². The second kappa shape index (κ2) is 7.81. The Morgan fingerprint density at radius 2 is 2.00 bits per heavy atom. The Balaban J connectivity index is 1.70. The number of carbonyl (C=O) groups excluding carboxylic acids is 3. The van der Waals surface area contributed by atoms with Crippen LogP contribution in [0.15, 0.2) is 30.3 Å². The van der Waals surface area contributed by atoms with Gasteiger partial charge in [-0.2, -0.15) is 0 Å². The predicted molar refractivity (Wildman–Crippen MR) is 85.9 cm³/mol. The Kier molecular flexibility index (Phi) is 5.78. The van der Waals surface area contributed by atoms with Crippen molar-refractivity contribution in [1.29, 1.82) is 0 Å². The zero-order valence-electron chi connectivity index (χ0n) is 13.8. The minimum atomic E-state index is -0.985. The van der Waals surface area contributed by atoms with Crippen molar-refractivity contribution < 1.29 is 23.9 Å². The largest absolute Gasteiger partial charge is 0.467 e. The van der Waals surface area contributed by atoms with E-state index >= 15 is 0 Å². The maximum atomic E-state index is 11.9. The van der Waals surface area contributed by atoms with Crippen molar-refractivity contribution in [2.45, 2.75) is 31.9 Å². The predicted octanol–water partition coefficient (Wildman–Crippen LogP) is 1.37. The van der Waals surface area contributed by atoms with Gasteiger partial charge in [0.1, 0.15) is 12.1 Å². The number of hydrogen-bond acceptors (Lipinski definition) is 5. The van der Waals surface area contributed by atoms with Crippen molar-refractivity contribution in [2.24, 2.45) is 5.92 Å². The van der Waals surface area contributed by atoms with Gasteiger partial charge in [0.15, 0.2) is 0 Å². The number of amides is 2. The Bertz CT molecular complexity index is 604. The summed E-state index contributed by atoms with van der Waals surface area (Å²) in [6, 6.07) is 9.37. The number of methoxy groups -OCH3 is 1. The number of hydrogen-bond donors (Lipinski definition) is 2. The molecule has 1 aliphatic rings. The van der Waals surface area contributed by atoms with E-state index in [1.165, 1.54) is 7.11 Å². The number of benzene rings is 1. The lowest BCUT2D eigenvalue weighted by molar-refractivity contribution is -0.165. The fourth-order valence-electron chi connectivity index (χ4n) is 2.71. The average molecular weight is 334 g/mol. The molecule has 24 heavy (non-hydrogen) atoms. The highest BCUT2D eigenvalue weighted by Gasteiger charge is 2.56. The topological polar surface area (TPSA) is 93.7 Å². The number of esters is 1. The molecule has 1 heterocycles. The lowest BCUT2D eigenvalue weighted by atomic mass is 9.73. The van der Waals surface area contributed by atoms with Gasteiger partial charge in [-0.25, -0.2) is 9.59 Å². The second-order valence-electron chi connectivity index (χ2n) is 5.77. The van der Waals surface area contributed by atoms with Crippen molar-refractivity contribution in [3.8, 4) is 0 Å². The molecule has 0 radical (unpaired) electrons. The van der Waals surface area contributed by atoms with Gasteiger partial charge in [0.2, 0.25) is 5.91 Å². The van der Waals surface area contributed by atoms with Crippen molar-refractivity contribution in [3.63, 3.8) is 0 Å². The Morgan fingerprint density at radius 3 is 2.58 bits per heavy atom. The van der Waals surface area contributed by atoms with Crippen LogP contribution in [0, 0.1) is 5.92 Å². The SMILES string of the molecule is COC(=O)[C@@]1(CCCNC(=O)OCc2ccccc2)NC(=O)[C@H]1C. The number of alkyl carbamates (subject to hydrolysis) is 1. The van der Waals surface area contributed by atoms with Crippen LogP contribution in [-0.2, 0) is 25.7 Å². The fraction of sp³-hybridized carbons (Fsp3) is 0.471. The van der Waals surface area contributed by atoms with Crippen LogP contribution in [0.5, 0.6) is 0 Å². The Labute approximate surface area is 140 Å². The third-order valence-corrected chi connectivity index (χ3v) is 4.26. The van der Waals surface area contributed by atoms with Crippen LogP contribution in [0.4, 0.5) is 4.79 Å². The molecule has 1 aromatic carbocycles. The summed E-state index contributed by atoms with van der Waals surface area (Å²) < 4.78 is 9.87. The highest BCUT2D eigenvalue weighted by Crippen LogP contribution is 2.32. The minimum Gasteiger partial charge on any atom is -0.467 e. The van der Waals surface area contributed by atoms with Crippen molar-refractivity contribution >= 4 is 18.0 Å². The summed E-state index contributed by atoms with van der Waals surface area (Å²) in [7, 11) is 1.29. The second-order valence-corrected chi connectivity index (χ2v) is 5.77. The molecule has 130 valence electrons. The highest BCUT2D eigenvalue weighted by atomic mass is 16.5. The molecular formula is C17H22N2O5. The standard InChI is InChI=1S/C17H22N2O5/c1-12-14(20)19-17(12,15(21)23-2)9-6-10-18-16(22)24-11-13-7-4-3-5-8-13/h3-5,7-8,12H,6,9-11H2,1-2H3,(H,18,22)(H,19,20)/t12-,17+/m1/s1. The van der Waals surface area contributed by atoms with Crippen LogP contribution in [0.25, 0.3) is 0 Å². The lowest BCUT2D eigenvalue weighted by Crippen LogP contribution is -2.72. The summed E-state index contributed by atoms with van der Waals surface area (Å²) in [5.74, 6) is -1.06. The van der Waals surface area contributed by atoms with Gasteiger partial charge in [-0.05, 0) is 18.4 Å². The number of β-lactam (4-membered cyclic amide) rings is 1. The lowest BCUT2D eigenvalue weighted by Gasteiger charge is -2.45. The first-order valence-electron chi connectivity index (χ1n) is 7.84. The van der Waals surface area contributed by atoms with Gasteiger partial charge in [-0.1, -0.05) is 37.3 Å². The monoisotopic (exact) mass is 334 g/mol. The molecule has 0 aromatic heterocycles. The Morgan fingerprint density at radius 1 is 1.29 bits per heavy atom. The molecule has 0 saturated carbocycles. The molecule has 1 aromatic rings. The van der Waals surface area contributed by atoms with Gasteiger partial charge in [-0.3, -0.25) is 4.79 Å². The van der Waals surface area contributed by atoms with Crippen LogP contribution in [0.3, 0.4) is 0 Å². The maximum Gasteiger partial charge on any atom is 0.407 e. The van der Waals surface area contributed by atoms with Crippen molar-refractivity contribution in [1.82, 2.24) is 10.6 Å². The molecule has 1 saturated heterocycles. The number of carbonyl (C=O) groups is 3. The van der Waals surface area contributed by atoms with Crippen molar-refractivity contribution in [2.75, 3.05) is 13.7 Å². The summed E-state index contributed by atoms with van der Waals surface area (Å²) in [5.41, 5.74) is -0.0788. The summed E-state index contributed by atoms with van der Waals surface area (Å²) in [6.45, 7) is 2.23. The van der Waals surface area contributed by atoms with E-state index in [4.69, 9.17) is 9.47 Å². The maximum absolute atomic E-state index is 11.9. The number of rotatable bonds is 7. The highest BCUT2D eigenvalue weighted by molar-refractivity contribution is 6.00. The first kappa shape index (κ1) is 17.8. The van der Waals surface area contributed by atoms with Gasteiger partial charge in [0.05, 0.1) is 13.0 Å². The van der Waals surface area contributed by atoms with Crippen LogP contribution in [0.2, 0.25) is 0 Å². The molecule has 1 aliphatic heterocycles. The van der Waals surface area contributed by atoms with E-state index < -0.39 is 23.5 Å². The Hall–Kier alpha value is -2.57. The molecule has 2 N–H and O–H groups in total. The minimum absolute atomic E-state index is 0.171. The third kappa shape index (κ3) is 3.84. The quantitative estimate of drug-likeness (QED) is 0.446. The fourth-order valence-corrected chi connectivity index (χ4v) is 2.71. The molecule has 1 fully saturated rings. The summed E-state index contributed by atoms with van der Waals surface area (Å²) in [5, 5.41) is 5.26. The molecule has 2 amide bonds. The molecule has 2 rings (SSSR count). The smallest absolute Gasteiger partial charge is 0.407 e. The molecule has 0 aliphatic carbocycles. The van der Waals surface area contributed by atoms with Crippen LogP contribution >= 0.6 is 0 Å². The summed E-state index contributed by atoms with van der Waals surface area (Å²) in [4.78, 5) is 35.0. The first-order valence-corrected chi connectivity index (χ1v) is 7.84. The summed E-state index contributed by atoms with van der Waals surface area (Å²) in [6.07, 6.45) is 0.391. The van der Waals surface area contributed by atoms with Crippen molar-refractivity contribution in [3.05, 3.63) is 35.9 Å². The van der Waals surface area contributed by atoms with Gasteiger partial charge in [-0.15, -0.1) is 0 Å². The molecule has 7 nitrogen and oxygen atoms in total. The average Bonchev–Trinajstić information content (AvgIpc) is 2.62. The van der Waals surface area contributed by atoms with Crippen LogP contribution in [0.1, 0.15) is 25.3 Å². The van der Waals surface area contributed by atoms with E-state index in [1.54, 1.807) is 6.92 Å². The van der Waals surface area contributed by atoms with Crippen LogP contribution in [-0.4, -0.2) is 37.2 Å². The van der Waals surface area contributed by atoms with E-state index in [2.05, 4.69) is 10.6 Å².